The molecular weight excluding hydrogens is 276 g/mol. The fraction of sp³-hybridized carbons (Fsp3) is 1.00. The molecule has 9 atom stereocenters. The first kappa shape index (κ1) is 15.4. The molecule has 22 heavy (non-hydrogen) atoms. The van der Waals surface area contributed by atoms with Gasteiger partial charge in [0.25, 0.3) is 0 Å². The molecule has 4 rings (SSSR count). The van der Waals surface area contributed by atoms with Crippen molar-refractivity contribution in [3.8, 4) is 0 Å². The first-order valence-electron chi connectivity index (χ1n) is 9.40. The van der Waals surface area contributed by atoms with Crippen LogP contribution in [0.15, 0.2) is 0 Å². The second-order valence-corrected chi connectivity index (χ2v) is 9.38. The summed E-state index contributed by atoms with van der Waals surface area (Å²) in [4.78, 5) is 0. The van der Waals surface area contributed by atoms with Crippen LogP contribution < -0.4 is 0 Å². The molecular formula is C19H32O3. The van der Waals surface area contributed by atoms with Crippen LogP contribution in [0.4, 0.5) is 0 Å². The second-order valence-electron chi connectivity index (χ2n) is 9.38. The summed E-state index contributed by atoms with van der Waals surface area (Å²) in [5.41, 5.74) is 0.305. The summed E-state index contributed by atoms with van der Waals surface area (Å²) < 4.78 is 0. The molecule has 0 aromatic rings. The highest BCUT2D eigenvalue weighted by Crippen LogP contribution is 2.66. The van der Waals surface area contributed by atoms with Gasteiger partial charge in [-0.3, -0.25) is 0 Å². The smallest absolute Gasteiger partial charge is 0.0855 e. The maximum atomic E-state index is 10.5. The standard InChI is InChI=1S/C19H32O3/c1-18-7-5-12(20)9-11(18)3-4-13-14(18)6-8-19(2)15(13)10-16(21)17(19)22/h11-17,20-22H,3-10H2,1-2H3/t11?,12-,13-,14+,15+,16-,17-,18+,19+/m1/s1. The first-order chi connectivity index (χ1) is 10.4. The third-order valence-electron chi connectivity index (χ3n) is 8.61. The molecule has 4 aliphatic carbocycles. The zero-order valence-electron chi connectivity index (χ0n) is 14.0. The lowest BCUT2D eigenvalue weighted by molar-refractivity contribution is -0.135. The van der Waals surface area contributed by atoms with E-state index in [1.54, 1.807) is 0 Å². The Balaban J connectivity index is 1.63. The average Bonchev–Trinajstić information content (AvgIpc) is 2.72. The normalized spacial score (nSPS) is 61.2. The lowest BCUT2D eigenvalue weighted by Crippen LogP contribution is -2.54. The highest BCUT2D eigenvalue weighted by Gasteiger charge is 2.61. The zero-order chi connectivity index (χ0) is 15.7. The highest BCUT2D eigenvalue weighted by atomic mass is 16.3. The quantitative estimate of drug-likeness (QED) is 0.645. The average molecular weight is 308 g/mol. The van der Waals surface area contributed by atoms with E-state index in [1.165, 1.54) is 19.3 Å². The van der Waals surface area contributed by atoms with Gasteiger partial charge in [-0.05, 0) is 85.9 Å². The molecule has 0 heterocycles. The highest BCUT2D eigenvalue weighted by molar-refractivity contribution is 5.11. The number of aliphatic hydroxyl groups excluding tert-OH is 3. The van der Waals surface area contributed by atoms with E-state index in [-0.39, 0.29) is 11.5 Å². The summed E-state index contributed by atoms with van der Waals surface area (Å²) in [7, 11) is 0. The van der Waals surface area contributed by atoms with Crippen LogP contribution in [-0.2, 0) is 0 Å². The number of hydrogen-bond acceptors (Lipinski definition) is 3. The van der Waals surface area contributed by atoms with Crippen molar-refractivity contribution >= 4 is 0 Å². The van der Waals surface area contributed by atoms with E-state index in [0.717, 1.165) is 38.0 Å². The van der Waals surface area contributed by atoms with Crippen molar-refractivity contribution in [3.05, 3.63) is 0 Å². The minimum atomic E-state index is -0.530. The number of hydrogen-bond donors (Lipinski definition) is 3. The Morgan fingerprint density at radius 2 is 1.50 bits per heavy atom. The summed E-state index contributed by atoms with van der Waals surface area (Å²) in [6.07, 6.45) is 7.49. The summed E-state index contributed by atoms with van der Waals surface area (Å²) >= 11 is 0. The summed E-state index contributed by atoms with van der Waals surface area (Å²) in [5, 5.41) is 30.8. The molecule has 0 radical (unpaired) electrons. The Morgan fingerprint density at radius 3 is 2.27 bits per heavy atom. The van der Waals surface area contributed by atoms with Crippen LogP contribution in [0.1, 0.15) is 65.2 Å². The van der Waals surface area contributed by atoms with Crippen LogP contribution in [0.2, 0.25) is 0 Å². The molecule has 0 bridgehead atoms. The lowest BCUT2D eigenvalue weighted by atomic mass is 9.45. The van der Waals surface area contributed by atoms with Crippen molar-refractivity contribution in [2.24, 2.45) is 34.5 Å². The first-order valence-corrected chi connectivity index (χ1v) is 9.40. The van der Waals surface area contributed by atoms with Gasteiger partial charge in [-0.15, -0.1) is 0 Å². The van der Waals surface area contributed by atoms with E-state index in [2.05, 4.69) is 13.8 Å². The molecule has 0 amide bonds. The van der Waals surface area contributed by atoms with Gasteiger partial charge in [0.15, 0.2) is 0 Å². The van der Waals surface area contributed by atoms with E-state index in [0.29, 0.717) is 23.2 Å². The van der Waals surface area contributed by atoms with Gasteiger partial charge in [-0.25, -0.2) is 0 Å². The Labute approximate surface area is 134 Å². The number of aliphatic hydroxyl groups is 3. The Hall–Kier alpha value is -0.120. The van der Waals surface area contributed by atoms with E-state index < -0.39 is 12.2 Å². The van der Waals surface area contributed by atoms with Gasteiger partial charge < -0.3 is 15.3 Å². The van der Waals surface area contributed by atoms with Crippen LogP contribution in [0.5, 0.6) is 0 Å². The van der Waals surface area contributed by atoms with Crippen molar-refractivity contribution in [2.75, 3.05) is 0 Å². The molecule has 1 unspecified atom stereocenters. The van der Waals surface area contributed by atoms with Crippen LogP contribution in [0.3, 0.4) is 0 Å². The van der Waals surface area contributed by atoms with Crippen LogP contribution in [0, 0.1) is 34.5 Å². The Kier molecular flexibility index (Phi) is 3.46. The van der Waals surface area contributed by atoms with Crippen molar-refractivity contribution < 1.29 is 15.3 Å². The van der Waals surface area contributed by atoms with E-state index in [9.17, 15) is 15.3 Å². The molecule has 0 saturated heterocycles. The lowest BCUT2D eigenvalue weighted by Gasteiger charge is -2.60. The number of fused-ring (bicyclic) bond motifs is 5. The van der Waals surface area contributed by atoms with Gasteiger partial charge in [-0.1, -0.05) is 13.8 Å². The monoisotopic (exact) mass is 308 g/mol. The predicted molar refractivity (Wildman–Crippen MR) is 85.1 cm³/mol. The maximum absolute atomic E-state index is 10.5. The molecule has 0 aliphatic heterocycles. The van der Waals surface area contributed by atoms with Gasteiger partial charge >= 0.3 is 0 Å². The molecule has 0 aromatic heterocycles. The topological polar surface area (TPSA) is 60.7 Å². The van der Waals surface area contributed by atoms with Gasteiger partial charge in [0.2, 0.25) is 0 Å². The predicted octanol–water partition coefficient (Wildman–Crippen LogP) is 2.72. The molecule has 0 aromatic carbocycles. The molecule has 3 nitrogen and oxygen atoms in total. The SMILES string of the molecule is C[C@]12CC[C@H]3[C@@H](CCC4C[C@H](O)CC[C@@]43C)[C@@H]1C[C@@H](O)[C@H]2O. The van der Waals surface area contributed by atoms with E-state index >= 15 is 0 Å². The van der Waals surface area contributed by atoms with Gasteiger partial charge in [0.1, 0.15) is 0 Å². The maximum Gasteiger partial charge on any atom is 0.0855 e. The molecule has 3 N–H and O–H groups in total. The van der Waals surface area contributed by atoms with Crippen molar-refractivity contribution in [1.29, 1.82) is 0 Å². The van der Waals surface area contributed by atoms with E-state index in [1.807, 2.05) is 0 Å². The Bertz CT molecular complexity index is 452. The summed E-state index contributed by atoms with van der Waals surface area (Å²) in [6, 6.07) is 0. The zero-order valence-corrected chi connectivity index (χ0v) is 14.0. The summed E-state index contributed by atoms with van der Waals surface area (Å²) in [5.74, 6) is 2.57. The van der Waals surface area contributed by atoms with Crippen molar-refractivity contribution in [1.82, 2.24) is 0 Å². The van der Waals surface area contributed by atoms with Crippen LogP contribution in [-0.4, -0.2) is 33.6 Å². The second kappa shape index (κ2) is 4.94. The van der Waals surface area contributed by atoms with Crippen molar-refractivity contribution in [2.45, 2.75) is 83.5 Å². The molecule has 4 aliphatic rings. The Morgan fingerprint density at radius 1 is 0.773 bits per heavy atom. The number of rotatable bonds is 0. The minimum absolute atomic E-state index is 0.0715. The molecule has 0 spiro atoms. The molecule has 4 fully saturated rings. The summed E-state index contributed by atoms with van der Waals surface area (Å²) in [6.45, 7) is 4.69. The molecule has 126 valence electrons. The fourth-order valence-corrected chi connectivity index (χ4v) is 7.22. The third-order valence-corrected chi connectivity index (χ3v) is 8.61. The largest absolute Gasteiger partial charge is 0.393 e. The third kappa shape index (κ3) is 1.91. The van der Waals surface area contributed by atoms with Gasteiger partial charge in [0.05, 0.1) is 18.3 Å². The molecule has 4 saturated carbocycles. The van der Waals surface area contributed by atoms with Crippen molar-refractivity contribution in [3.63, 3.8) is 0 Å². The fourth-order valence-electron chi connectivity index (χ4n) is 7.22. The van der Waals surface area contributed by atoms with E-state index in [4.69, 9.17) is 0 Å². The molecule has 3 heteroatoms. The van der Waals surface area contributed by atoms with Gasteiger partial charge in [-0.2, -0.15) is 0 Å². The van der Waals surface area contributed by atoms with Crippen LogP contribution >= 0.6 is 0 Å². The van der Waals surface area contributed by atoms with Gasteiger partial charge in [0, 0.05) is 0 Å². The van der Waals surface area contributed by atoms with Crippen LogP contribution in [0.25, 0.3) is 0 Å². The minimum Gasteiger partial charge on any atom is -0.393 e.